The summed E-state index contributed by atoms with van der Waals surface area (Å²) in [6.07, 6.45) is 3.38. The van der Waals surface area contributed by atoms with Gasteiger partial charge in [-0.15, -0.1) is 0 Å². The van der Waals surface area contributed by atoms with Crippen LogP contribution in [0.1, 0.15) is 15.9 Å². The first-order valence-electron chi connectivity index (χ1n) is 6.15. The molecule has 0 spiro atoms. The highest BCUT2D eigenvalue weighted by Gasteiger charge is 2.20. The molecule has 0 aromatic heterocycles. The molecule has 0 amide bonds. The molecule has 2 nitrogen and oxygen atoms in total. The molecule has 0 bridgehead atoms. The average Bonchev–Trinajstić information content (AvgIpc) is 2.43. The monoisotopic (exact) mass is 246 g/mol. The highest BCUT2D eigenvalue weighted by Crippen LogP contribution is 2.38. The number of allylic oxidation sites excluding steroid dienone is 1. The van der Waals surface area contributed by atoms with Crippen molar-refractivity contribution >= 4 is 33.4 Å². The molecule has 1 aliphatic carbocycles. The molecule has 2 heteroatoms. The molecule has 0 radical (unpaired) electrons. The molecular weight excluding hydrogens is 236 g/mol. The van der Waals surface area contributed by atoms with E-state index in [-0.39, 0.29) is 11.5 Å². The smallest absolute Gasteiger partial charge is 0.190 e. The van der Waals surface area contributed by atoms with E-state index in [1.807, 2.05) is 30.3 Å². The fourth-order valence-corrected chi connectivity index (χ4v) is 2.85. The van der Waals surface area contributed by atoms with Crippen LogP contribution in [0.2, 0.25) is 0 Å². The van der Waals surface area contributed by atoms with Gasteiger partial charge in [-0.05, 0) is 46.0 Å². The van der Waals surface area contributed by atoms with E-state index in [9.17, 15) is 9.90 Å². The van der Waals surface area contributed by atoms with Crippen molar-refractivity contribution in [3.05, 3.63) is 59.7 Å². The molecule has 0 atom stereocenters. The zero-order valence-corrected chi connectivity index (χ0v) is 10.1. The van der Waals surface area contributed by atoms with Crippen LogP contribution in [0.15, 0.2) is 48.5 Å². The molecular formula is C17H10O2. The number of benzene rings is 3. The molecule has 0 aliphatic heterocycles. The highest BCUT2D eigenvalue weighted by atomic mass is 16.3. The van der Waals surface area contributed by atoms with Crippen LogP contribution in [0.25, 0.3) is 27.6 Å². The van der Waals surface area contributed by atoms with Crippen LogP contribution in [0.3, 0.4) is 0 Å². The Balaban J connectivity index is 2.35. The van der Waals surface area contributed by atoms with Crippen molar-refractivity contribution < 1.29 is 9.90 Å². The van der Waals surface area contributed by atoms with E-state index in [1.165, 1.54) is 6.08 Å². The molecule has 1 aliphatic rings. The number of aromatic hydroxyl groups is 1. The van der Waals surface area contributed by atoms with Crippen molar-refractivity contribution in [3.8, 4) is 5.75 Å². The third kappa shape index (κ3) is 1.28. The molecule has 0 saturated heterocycles. The van der Waals surface area contributed by atoms with E-state index in [0.717, 1.165) is 27.1 Å². The fraction of sp³-hybridized carbons (Fsp3) is 0. The van der Waals surface area contributed by atoms with Crippen LogP contribution in [-0.2, 0) is 0 Å². The van der Waals surface area contributed by atoms with Gasteiger partial charge in [0.05, 0.1) is 5.56 Å². The molecule has 4 rings (SSSR count). The Labute approximate surface area is 109 Å². The van der Waals surface area contributed by atoms with Crippen molar-refractivity contribution in [2.75, 3.05) is 0 Å². The maximum atomic E-state index is 12.0. The molecule has 19 heavy (non-hydrogen) atoms. The van der Waals surface area contributed by atoms with Gasteiger partial charge >= 0.3 is 0 Å². The minimum absolute atomic E-state index is 0.0541. The van der Waals surface area contributed by atoms with Crippen molar-refractivity contribution in [1.82, 2.24) is 0 Å². The highest BCUT2D eigenvalue weighted by molar-refractivity contribution is 6.24. The zero-order valence-electron chi connectivity index (χ0n) is 10.1. The molecule has 0 saturated carbocycles. The second-order valence-electron chi connectivity index (χ2n) is 4.77. The lowest BCUT2D eigenvalue weighted by Gasteiger charge is -2.15. The average molecular weight is 246 g/mol. The minimum Gasteiger partial charge on any atom is -0.507 e. The van der Waals surface area contributed by atoms with Crippen molar-refractivity contribution in [1.29, 1.82) is 0 Å². The van der Waals surface area contributed by atoms with Gasteiger partial charge in [0.15, 0.2) is 5.78 Å². The summed E-state index contributed by atoms with van der Waals surface area (Å²) in [4.78, 5) is 12.0. The maximum Gasteiger partial charge on any atom is 0.190 e. The Hall–Kier alpha value is -2.61. The normalized spacial score (nSPS) is 13.4. The Morgan fingerprint density at radius 1 is 0.895 bits per heavy atom. The van der Waals surface area contributed by atoms with Crippen LogP contribution in [0.4, 0.5) is 0 Å². The van der Waals surface area contributed by atoms with Gasteiger partial charge in [0.25, 0.3) is 0 Å². The first kappa shape index (κ1) is 10.3. The van der Waals surface area contributed by atoms with E-state index < -0.39 is 0 Å². The lowest BCUT2D eigenvalue weighted by atomic mass is 9.88. The third-order valence-corrected chi connectivity index (χ3v) is 3.69. The van der Waals surface area contributed by atoms with Crippen LogP contribution in [0, 0.1) is 0 Å². The lowest BCUT2D eigenvalue weighted by Crippen LogP contribution is -2.02. The predicted molar refractivity (Wildman–Crippen MR) is 76.5 cm³/mol. The number of carbonyl (C=O) groups excluding carboxylic acids is 1. The van der Waals surface area contributed by atoms with Gasteiger partial charge in [-0.25, -0.2) is 0 Å². The third-order valence-electron chi connectivity index (χ3n) is 3.69. The topological polar surface area (TPSA) is 37.3 Å². The minimum atomic E-state index is -0.133. The van der Waals surface area contributed by atoms with Gasteiger partial charge in [0, 0.05) is 5.39 Å². The number of carbonyl (C=O) groups is 1. The molecule has 0 heterocycles. The Kier molecular flexibility index (Phi) is 1.88. The first-order valence-corrected chi connectivity index (χ1v) is 6.15. The van der Waals surface area contributed by atoms with Crippen LogP contribution in [-0.4, -0.2) is 10.9 Å². The molecule has 90 valence electrons. The quantitative estimate of drug-likeness (QED) is 0.611. The van der Waals surface area contributed by atoms with Gasteiger partial charge in [0.2, 0.25) is 0 Å². The maximum absolute atomic E-state index is 12.0. The Morgan fingerprint density at radius 2 is 1.74 bits per heavy atom. The van der Waals surface area contributed by atoms with Crippen LogP contribution in [0.5, 0.6) is 5.75 Å². The largest absolute Gasteiger partial charge is 0.507 e. The molecule has 0 fully saturated rings. The Bertz CT molecular complexity index is 889. The number of rotatable bonds is 0. The van der Waals surface area contributed by atoms with Crippen LogP contribution < -0.4 is 0 Å². The van der Waals surface area contributed by atoms with E-state index in [1.54, 1.807) is 6.07 Å². The van der Waals surface area contributed by atoms with Crippen LogP contribution >= 0.6 is 0 Å². The van der Waals surface area contributed by atoms with Gasteiger partial charge < -0.3 is 5.11 Å². The summed E-state index contributed by atoms with van der Waals surface area (Å²) in [5.41, 5.74) is 1.43. The molecule has 3 aromatic rings. The predicted octanol–water partition coefficient (Wildman–Crippen LogP) is 3.91. The number of phenolic OH excluding ortho intramolecular Hbond substituents is 1. The summed E-state index contributed by atoms with van der Waals surface area (Å²) in [5, 5.41) is 14.0. The second-order valence-corrected chi connectivity index (χ2v) is 4.77. The summed E-state index contributed by atoms with van der Waals surface area (Å²) in [6.45, 7) is 0. The van der Waals surface area contributed by atoms with E-state index in [4.69, 9.17) is 0 Å². The number of phenols is 1. The molecule has 0 unspecified atom stereocenters. The Morgan fingerprint density at radius 3 is 2.63 bits per heavy atom. The van der Waals surface area contributed by atoms with Gasteiger partial charge in [-0.1, -0.05) is 30.3 Å². The molecule has 3 aromatic carbocycles. The summed E-state index contributed by atoms with van der Waals surface area (Å²) in [6, 6.07) is 13.6. The summed E-state index contributed by atoms with van der Waals surface area (Å²) < 4.78 is 0. The summed E-state index contributed by atoms with van der Waals surface area (Å²) >= 11 is 0. The van der Waals surface area contributed by atoms with E-state index in [0.29, 0.717) is 5.56 Å². The van der Waals surface area contributed by atoms with E-state index in [2.05, 4.69) is 12.1 Å². The van der Waals surface area contributed by atoms with Gasteiger partial charge in [-0.2, -0.15) is 0 Å². The van der Waals surface area contributed by atoms with Crippen molar-refractivity contribution in [2.45, 2.75) is 0 Å². The number of fused-ring (bicyclic) bond motifs is 2. The zero-order chi connectivity index (χ0) is 13.0. The van der Waals surface area contributed by atoms with Gasteiger partial charge in [-0.3, -0.25) is 4.79 Å². The van der Waals surface area contributed by atoms with Gasteiger partial charge in [0.1, 0.15) is 5.75 Å². The number of ketones is 1. The fourth-order valence-electron chi connectivity index (χ4n) is 2.85. The molecule has 1 N–H and O–H groups in total. The summed E-state index contributed by atoms with van der Waals surface area (Å²) in [7, 11) is 0. The SMILES string of the molecule is O=C1C=Cc2c3ccccc3cc3ccc(O)c1c23. The summed E-state index contributed by atoms with van der Waals surface area (Å²) in [5.74, 6) is -0.0794. The number of hydrogen-bond donors (Lipinski definition) is 1. The lowest BCUT2D eigenvalue weighted by molar-refractivity contribution is 0.104. The van der Waals surface area contributed by atoms with Crippen molar-refractivity contribution in [3.63, 3.8) is 0 Å². The van der Waals surface area contributed by atoms with Crippen molar-refractivity contribution in [2.24, 2.45) is 0 Å². The number of hydrogen-bond acceptors (Lipinski definition) is 2. The first-order chi connectivity index (χ1) is 9.25. The second kappa shape index (κ2) is 3.45. The standard InChI is InChI=1S/C17H10O2/c18-14-7-5-11-9-10-3-1-2-4-12(10)13-6-8-15(19)17(14)16(11)13/h1-9,18H. The van der Waals surface area contributed by atoms with E-state index >= 15 is 0 Å².